The van der Waals surface area contributed by atoms with Crippen LogP contribution in [0, 0.1) is 0 Å². The van der Waals surface area contributed by atoms with Gasteiger partial charge in [-0.15, -0.1) is 0 Å². The van der Waals surface area contributed by atoms with Crippen LogP contribution in [0.25, 0.3) is 0 Å². The fourth-order valence-corrected chi connectivity index (χ4v) is 3.73. The molecule has 1 aliphatic rings. The Kier molecular flexibility index (Phi) is 4.97. The zero-order valence-corrected chi connectivity index (χ0v) is 15.5. The zero-order chi connectivity index (χ0) is 19.5. The second-order valence-electron chi connectivity index (χ2n) is 6.95. The van der Waals surface area contributed by atoms with E-state index in [1.54, 1.807) is 23.2 Å². The summed E-state index contributed by atoms with van der Waals surface area (Å²) >= 11 is 0. The van der Waals surface area contributed by atoms with Gasteiger partial charge in [-0.25, -0.2) is 4.79 Å². The summed E-state index contributed by atoms with van der Waals surface area (Å²) in [5, 5.41) is 13.9. The smallest absolute Gasteiger partial charge is 0.356 e. The standard InChI is InChI=1S/C21H22N4O3/c26-20(17-9-4-11-22-17)24-13-10-18-16(14-24)19(21(27)28)23-25(18)12-5-8-15-6-2-1-3-7-15/h1-4,6-7,9,11,22H,5,8,10,12-14H2,(H,27,28). The maximum atomic E-state index is 12.6. The van der Waals surface area contributed by atoms with E-state index in [9.17, 15) is 14.7 Å². The number of carbonyl (C=O) groups excluding carboxylic acids is 1. The van der Waals surface area contributed by atoms with Gasteiger partial charge in [-0.05, 0) is 30.5 Å². The van der Waals surface area contributed by atoms with Gasteiger partial charge in [-0.3, -0.25) is 9.48 Å². The molecular weight excluding hydrogens is 356 g/mol. The molecule has 2 N–H and O–H groups in total. The fourth-order valence-electron chi connectivity index (χ4n) is 3.73. The Morgan fingerprint density at radius 3 is 2.68 bits per heavy atom. The third-order valence-corrected chi connectivity index (χ3v) is 5.13. The molecule has 0 spiro atoms. The average Bonchev–Trinajstić information content (AvgIpc) is 3.36. The van der Waals surface area contributed by atoms with Gasteiger partial charge in [0.2, 0.25) is 0 Å². The monoisotopic (exact) mass is 378 g/mol. The zero-order valence-electron chi connectivity index (χ0n) is 15.5. The largest absolute Gasteiger partial charge is 0.476 e. The lowest BCUT2D eigenvalue weighted by Crippen LogP contribution is -2.37. The van der Waals surface area contributed by atoms with E-state index < -0.39 is 5.97 Å². The molecule has 0 aliphatic carbocycles. The van der Waals surface area contributed by atoms with Gasteiger partial charge in [-0.2, -0.15) is 5.10 Å². The van der Waals surface area contributed by atoms with Crippen molar-refractivity contribution < 1.29 is 14.7 Å². The van der Waals surface area contributed by atoms with E-state index in [-0.39, 0.29) is 18.1 Å². The number of nitrogens with one attached hydrogen (secondary N) is 1. The van der Waals surface area contributed by atoms with Gasteiger partial charge >= 0.3 is 5.97 Å². The second-order valence-corrected chi connectivity index (χ2v) is 6.95. The summed E-state index contributed by atoms with van der Waals surface area (Å²) in [6.07, 6.45) is 4.10. The first-order chi connectivity index (χ1) is 13.6. The van der Waals surface area contributed by atoms with Crippen LogP contribution in [0.1, 0.15) is 44.2 Å². The van der Waals surface area contributed by atoms with Gasteiger partial charge in [0.25, 0.3) is 5.91 Å². The van der Waals surface area contributed by atoms with E-state index in [1.165, 1.54) is 5.56 Å². The molecule has 1 amide bonds. The first kappa shape index (κ1) is 18.0. The predicted octanol–water partition coefficient (Wildman–Crippen LogP) is 2.74. The lowest BCUT2D eigenvalue weighted by Gasteiger charge is -2.27. The van der Waals surface area contributed by atoms with Crippen LogP contribution in [0.15, 0.2) is 48.7 Å². The van der Waals surface area contributed by atoms with Crippen molar-refractivity contribution in [1.29, 1.82) is 0 Å². The number of aryl methyl sites for hydroxylation is 2. The number of benzene rings is 1. The van der Waals surface area contributed by atoms with Gasteiger partial charge in [0.15, 0.2) is 5.69 Å². The van der Waals surface area contributed by atoms with E-state index >= 15 is 0 Å². The molecule has 28 heavy (non-hydrogen) atoms. The summed E-state index contributed by atoms with van der Waals surface area (Å²) in [4.78, 5) is 28.9. The van der Waals surface area contributed by atoms with Gasteiger partial charge in [0.05, 0.1) is 6.54 Å². The molecule has 0 bridgehead atoms. The number of carboxylic acids is 1. The molecule has 0 unspecified atom stereocenters. The molecular formula is C21H22N4O3. The summed E-state index contributed by atoms with van der Waals surface area (Å²) in [6, 6.07) is 13.7. The molecule has 1 aliphatic heterocycles. The second kappa shape index (κ2) is 7.72. The number of carboxylic acid groups (broad SMARTS) is 1. The number of fused-ring (bicyclic) bond motifs is 1. The Labute approximate surface area is 162 Å². The van der Waals surface area contributed by atoms with Crippen LogP contribution >= 0.6 is 0 Å². The highest BCUT2D eigenvalue weighted by Crippen LogP contribution is 2.24. The van der Waals surface area contributed by atoms with E-state index in [0.29, 0.717) is 30.8 Å². The van der Waals surface area contributed by atoms with Crippen LogP contribution in [-0.2, 0) is 25.9 Å². The van der Waals surface area contributed by atoms with E-state index in [4.69, 9.17) is 0 Å². The Morgan fingerprint density at radius 2 is 1.96 bits per heavy atom. The minimum atomic E-state index is -1.05. The summed E-state index contributed by atoms with van der Waals surface area (Å²) in [5.74, 6) is -1.17. The highest BCUT2D eigenvalue weighted by Gasteiger charge is 2.30. The molecule has 7 heteroatoms. The predicted molar refractivity (Wildman–Crippen MR) is 103 cm³/mol. The van der Waals surface area contributed by atoms with Crippen LogP contribution in [0.2, 0.25) is 0 Å². The molecule has 4 rings (SSSR count). The van der Waals surface area contributed by atoms with Crippen LogP contribution in [0.3, 0.4) is 0 Å². The number of aromatic carboxylic acids is 1. The van der Waals surface area contributed by atoms with Crippen molar-refractivity contribution in [2.45, 2.75) is 32.4 Å². The summed E-state index contributed by atoms with van der Waals surface area (Å²) in [5.41, 5.74) is 3.40. The minimum Gasteiger partial charge on any atom is -0.476 e. The van der Waals surface area contributed by atoms with Crippen LogP contribution in [-0.4, -0.2) is 43.2 Å². The normalized spacial score (nSPS) is 13.4. The molecule has 2 aromatic heterocycles. The van der Waals surface area contributed by atoms with Gasteiger partial charge < -0.3 is 15.0 Å². The van der Waals surface area contributed by atoms with Crippen molar-refractivity contribution in [1.82, 2.24) is 19.7 Å². The van der Waals surface area contributed by atoms with Crippen LogP contribution < -0.4 is 0 Å². The molecule has 0 radical (unpaired) electrons. The van der Waals surface area contributed by atoms with Crippen molar-refractivity contribution in [3.8, 4) is 0 Å². The van der Waals surface area contributed by atoms with Crippen LogP contribution in [0.4, 0.5) is 0 Å². The lowest BCUT2D eigenvalue weighted by atomic mass is 10.0. The summed E-state index contributed by atoms with van der Waals surface area (Å²) in [6.45, 7) is 1.48. The molecule has 0 atom stereocenters. The number of H-pyrrole nitrogens is 1. The Hall–Kier alpha value is -3.35. The molecule has 1 aromatic carbocycles. The number of aromatic amines is 1. The first-order valence-electron chi connectivity index (χ1n) is 9.42. The van der Waals surface area contributed by atoms with Crippen molar-refractivity contribution in [2.24, 2.45) is 0 Å². The molecule has 144 valence electrons. The van der Waals surface area contributed by atoms with E-state index in [2.05, 4.69) is 22.2 Å². The topological polar surface area (TPSA) is 91.2 Å². The molecule has 7 nitrogen and oxygen atoms in total. The van der Waals surface area contributed by atoms with Crippen molar-refractivity contribution in [3.63, 3.8) is 0 Å². The van der Waals surface area contributed by atoms with Crippen molar-refractivity contribution in [2.75, 3.05) is 6.54 Å². The van der Waals surface area contributed by atoms with Gasteiger partial charge in [-0.1, -0.05) is 30.3 Å². The number of hydrogen-bond donors (Lipinski definition) is 2. The molecule has 0 saturated carbocycles. The SMILES string of the molecule is O=C(O)c1nn(CCCc2ccccc2)c2c1CN(C(=O)c1ccc[nH]1)CC2. The number of rotatable bonds is 6. The lowest BCUT2D eigenvalue weighted by molar-refractivity contribution is 0.0673. The van der Waals surface area contributed by atoms with Crippen molar-refractivity contribution in [3.05, 3.63) is 76.9 Å². The van der Waals surface area contributed by atoms with Gasteiger partial charge in [0, 0.05) is 37.0 Å². The number of carbonyl (C=O) groups is 2. The molecule has 3 heterocycles. The summed E-state index contributed by atoms with van der Waals surface area (Å²) in [7, 11) is 0. The number of amides is 1. The minimum absolute atomic E-state index is 0.0543. The highest BCUT2D eigenvalue weighted by atomic mass is 16.4. The Bertz CT molecular complexity index is 977. The Balaban J connectivity index is 1.51. The molecule has 0 saturated heterocycles. The maximum absolute atomic E-state index is 12.6. The third kappa shape index (κ3) is 3.55. The average molecular weight is 378 g/mol. The molecule has 0 fully saturated rings. The van der Waals surface area contributed by atoms with E-state index in [1.807, 2.05) is 22.9 Å². The Morgan fingerprint density at radius 1 is 1.14 bits per heavy atom. The highest BCUT2D eigenvalue weighted by molar-refractivity contribution is 5.93. The fraction of sp³-hybridized carbons (Fsp3) is 0.286. The number of hydrogen-bond acceptors (Lipinski definition) is 3. The van der Waals surface area contributed by atoms with Crippen LogP contribution in [0.5, 0.6) is 0 Å². The summed E-state index contributed by atoms with van der Waals surface area (Å²) < 4.78 is 1.82. The maximum Gasteiger partial charge on any atom is 0.356 e. The number of nitrogens with zero attached hydrogens (tertiary/aromatic N) is 3. The quantitative estimate of drug-likeness (QED) is 0.690. The van der Waals surface area contributed by atoms with E-state index in [0.717, 1.165) is 18.5 Å². The third-order valence-electron chi connectivity index (χ3n) is 5.13. The van der Waals surface area contributed by atoms with Gasteiger partial charge in [0.1, 0.15) is 5.69 Å². The van der Waals surface area contributed by atoms with Crippen molar-refractivity contribution >= 4 is 11.9 Å². The molecule has 3 aromatic rings. The number of aromatic nitrogens is 3. The first-order valence-corrected chi connectivity index (χ1v) is 9.42.